The van der Waals surface area contributed by atoms with Crippen LogP contribution in [0, 0.1) is 0 Å². The lowest BCUT2D eigenvalue weighted by Gasteiger charge is -2.43. The molecule has 3 heterocycles. The summed E-state index contributed by atoms with van der Waals surface area (Å²) in [4.78, 5) is 19.2. The third-order valence-electron chi connectivity index (χ3n) is 3.67. The molecule has 8 heteroatoms. The Bertz CT molecular complexity index is 560. The number of anilines is 2. The van der Waals surface area contributed by atoms with Crippen molar-refractivity contribution in [2.75, 3.05) is 36.5 Å². The Hall–Kier alpha value is -1.83. The number of carbonyl (C=O) groups is 1. The van der Waals surface area contributed by atoms with Crippen molar-refractivity contribution in [2.45, 2.75) is 12.2 Å². The van der Waals surface area contributed by atoms with E-state index in [9.17, 15) is 18.0 Å². The van der Waals surface area contributed by atoms with Gasteiger partial charge in [-0.3, -0.25) is 4.79 Å². The van der Waals surface area contributed by atoms with Gasteiger partial charge in [0.05, 0.1) is 11.3 Å². The first-order valence-corrected chi connectivity index (χ1v) is 6.22. The summed E-state index contributed by atoms with van der Waals surface area (Å²) in [5.41, 5.74) is -0.632. The molecule has 0 saturated carbocycles. The molecule has 1 fully saturated rings. The second-order valence-corrected chi connectivity index (χ2v) is 4.88. The van der Waals surface area contributed by atoms with Gasteiger partial charge >= 0.3 is 6.18 Å². The largest absolute Gasteiger partial charge is 0.417 e. The third kappa shape index (κ3) is 1.91. The maximum absolute atomic E-state index is 12.7. The predicted molar refractivity (Wildman–Crippen MR) is 66.7 cm³/mol. The summed E-state index contributed by atoms with van der Waals surface area (Å²) in [6.07, 6.45) is -3.65. The Kier molecular flexibility index (Phi) is 2.86. The van der Waals surface area contributed by atoms with Gasteiger partial charge in [-0.25, -0.2) is 4.98 Å². The third-order valence-corrected chi connectivity index (χ3v) is 3.67. The maximum Gasteiger partial charge on any atom is 0.417 e. The van der Waals surface area contributed by atoms with Crippen LogP contribution in [0.3, 0.4) is 0 Å². The van der Waals surface area contributed by atoms with E-state index in [0.717, 1.165) is 12.3 Å². The molecule has 1 aromatic heterocycles. The fourth-order valence-corrected chi connectivity index (χ4v) is 2.59. The lowest BCUT2D eigenvalue weighted by molar-refractivity contribution is -0.137. The molecular weight excluding hydrogens is 273 g/mol. The summed E-state index contributed by atoms with van der Waals surface area (Å²) in [7, 11) is 1.48. The smallest absolute Gasteiger partial charge is 0.340 e. The highest BCUT2D eigenvalue weighted by atomic mass is 19.4. The number of fused-ring (bicyclic) bond motifs is 3. The molecule has 0 radical (unpaired) electrons. The van der Waals surface area contributed by atoms with Gasteiger partial charge in [-0.15, -0.1) is 0 Å². The van der Waals surface area contributed by atoms with Gasteiger partial charge in [0, 0.05) is 32.9 Å². The van der Waals surface area contributed by atoms with Crippen LogP contribution in [0.25, 0.3) is 0 Å². The van der Waals surface area contributed by atoms with Crippen molar-refractivity contribution < 1.29 is 18.0 Å². The van der Waals surface area contributed by atoms with Crippen LogP contribution < -0.4 is 15.1 Å². The number of nitrogens with one attached hydrogen (secondary N) is 1. The second-order valence-electron chi connectivity index (χ2n) is 4.88. The number of likely N-dealkylation sites (N-methyl/N-ethyl adjacent to an activating group) is 1. The number of hydrogen-bond donors (Lipinski definition) is 1. The minimum Gasteiger partial charge on any atom is -0.340 e. The summed E-state index contributed by atoms with van der Waals surface area (Å²) < 4.78 is 38.2. The number of hydrogen-bond acceptors (Lipinski definition) is 4. The molecule has 20 heavy (non-hydrogen) atoms. The molecule has 0 unspecified atom stereocenters. The van der Waals surface area contributed by atoms with Crippen LogP contribution in [0.1, 0.15) is 5.56 Å². The van der Waals surface area contributed by atoms with E-state index in [1.165, 1.54) is 11.9 Å². The molecule has 2 aliphatic rings. The highest BCUT2D eigenvalue weighted by Crippen LogP contribution is 2.38. The molecule has 1 aromatic rings. The van der Waals surface area contributed by atoms with Gasteiger partial charge in [0.25, 0.3) is 5.91 Å². The summed E-state index contributed by atoms with van der Waals surface area (Å²) in [6.45, 7) is 1.70. The minimum atomic E-state index is -4.47. The number of nitrogens with zero attached hydrogens (tertiary/aromatic N) is 3. The summed E-state index contributed by atoms with van der Waals surface area (Å²) in [5.74, 6) is 0.220. The van der Waals surface area contributed by atoms with Crippen molar-refractivity contribution in [2.24, 2.45) is 0 Å². The molecule has 2 aliphatic heterocycles. The number of amides is 1. The molecule has 0 spiro atoms. The van der Waals surface area contributed by atoms with Crippen molar-refractivity contribution in [1.82, 2.24) is 10.3 Å². The van der Waals surface area contributed by atoms with E-state index >= 15 is 0 Å². The lowest BCUT2D eigenvalue weighted by atomic mass is 10.1. The highest BCUT2D eigenvalue weighted by Gasteiger charge is 2.40. The van der Waals surface area contributed by atoms with Crippen LogP contribution in [0.15, 0.2) is 12.3 Å². The molecule has 1 atom stereocenters. The first-order valence-electron chi connectivity index (χ1n) is 6.22. The van der Waals surface area contributed by atoms with Crippen LogP contribution in [-0.4, -0.2) is 43.6 Å². The van der Waals surface area contributed by atoms with Gasteiger partial charge in [-0.1, -0.05) is 0 Å². The second kappa shape index (κ2) is 4.34. The van der Waals surface area contributed by atoms with Gasteiger partial charge in [0.2, 0.25) is 0 Å². The SMILES string of the molecule is CN1C(=O)[C@H]2CNCCN2c2ncc(C(F)(F)F)cc21. The summed E-state index contributed by atoms with van der Waals surface area (Å²) in [5, 5.41) is 3.10. The van der Waals surface area contributed by atoms with Crippen molar-refractivity contribution in [3.8, 4) is 0 Å². The number of aromatic nitrogens is 1. The van der Waals surface area contributed by atoms with Crippen molar-refractivity contribution in [1.29, 1.82) is 0 Å². The fraction of sp³-hybridized carbons (Fsp3) is 0.500. The molecule has 1 N–H and O–H groups in total. The van der Waals surface area contributed by atoms with Crippen molar-refractivity contribution >= 4 is 17.4 Å². The molecule has 108 valence electrons. The number of piperazine rings is 1. The van der Waals surface area contributed by atoms with Crippen molar-refractivity contribution in [3.05, 3.63) is 17.8 Å². The molecule has 0 aliphatic carbocycles. The summed E-state index contributed by atoms with van der Waals surface area (Å²) in [6, 6.07) is 0.587. The van der Waals surface area contributed by atoms with E-state index in [1.807, 2.05) is 0 Å². The normalized spacial score (nSPS) is 22.6. The van der Waals surface area contributed by atoms with E-state index in [-0.39, 0.29) is 11.6 Å². The van der Waals surface area contributed by atoms with E-state index in [2.05, 4.69) is 10.3 Å². The average molecular weight is 286 g/mol. The monoisotopic (exact) mass is 286 g/mol. The van der Waals surface area contributed by atoms with E-state index in [0.29, 0.717) is 25.5 Å². The summed E-state index contributed by atoms with van der Waals surface area (Å²) >= 11 is 0. The van der Waals surface area contributed by atoms with Gasteiger partial charge in [-0.2, -0.15) is 13.2 Å². The topological polar surface area (TPSA) is 48.5 Å². The predicted octanol–water partition coefficient (Wildman–Crippen LogP) is 0.855. The van der Waals surface area contributed by atoms with Crippen molar-refractivity contribution in [3.63, 3.8) is 0 Å². The van der Waals surface area contributed by atoms with Gasteiger partial charge < -0.3 is 15.1 Å². The number of alkyl halides is 3. The molecule has 5 nitrogen and oxygen atoms in total. The van der Waals surface area contributed by atoms with Crippen LogP contribution in [0.5, 0.6) is 0 Å². The quantitative estimate of drug-likeness (QED) is 0.768. The molecular formula is C12H13F3N4O. The average Bonchev–Trinajstić information content (AvgIpc) is 2.43. The zero-order valence-corrected chi connectivity index (χ0v) is 10.7. The number of pyridine rings is 1. The maximum atomic E-state index is 12.7. The standard InChI is InChI=1S/C12H13F3N4O/c1-18-8-4-7(12(13,14)15)5-17-10(8)19-3-2-16-6-9(19)11(18)20/h4-5,9,16H,2-3,6H2,1H3/t9-/m1/s1. The van der Waals surface area contributed by atoms with Gasteiger partial charge in [0.15, 0.2) is 5.82 Å². The Labute approximate surface area is 113 Å². The van der Waals surface area contributed by atoms with Crippen LogP contribution in [0.4, 0.5) is 24.7 Å². The Balaban J connectivity index is 2.09. The number of carbonyl (C=O) groups excluding carboxylic acids is 1. The van der Waals surface area contributed by atoms with Crippen LogP contribution >= 0.6 is 0 Å². The Morgan fingerprint density at radius 2 is 2.20 bits per heavy atom. The zero-order valence-electron chi connectivity index (χ0n) is 10.7. The van der Waals surface area contributed by atoms with Crippen LogP contribution in [0.2, 0.25) is 0 Å². The highest BCUT2D eigenvalue weighted by molar-refractivity contribution is 6.04. The number of rotatable bonds is 0. The van der Waals surface area contributed by atoms with Gasteiger partial charge in [0.1, 0.15) is 6.04 Å². The fourth-order valence-electron chi connectivity index (χ4n) is 2.59. The Morgan fingerprint density at radius 1 is 1.45 bits per heavy atom. The first kappa shape index (κ1) is 13.2. The molecule has 0 aromatic carbocycles. The van der Waals surface area contributed by atoms with E-state index < -0.39 is 17.8 Å². The van der Waals surface area contributed by atoms with E-state index in [1.54, 1.807) is 4.90 Å². The zero-order chi connectivity index (χ0) is 14.5. The molecule has 1 saturated heterocycles. The molecule has 3 rings (SSSR count). The number of halogens is 3. The van der Waals surface area contributed by atoms with E-state index in [4.69, 9.17) is 0 Å². The molecule has 1 amide bonds. The first-order chi connectivity index (χ1) is 9.39. The van der Waals surface area contributed by atoms with Crippen LogP contribution in [-0.2, 0) is 11.0 Å². The van der Waals surface area contributed by atoms with Gasteiger partial charge in [-0.05, 0) is 6.07 Å². The lowest BCUT2D eigenvalue weighted by Crippen LogP contribution is -2.61. The molecule has 0 bridgehead atoms. The minimum absolute atomic E-state index is 0.211. The Morgan fingerprint density at radius 3 is 2.90 bits per heavy atom.